The maximum atomic E-state index is 12.7. The van der Waals surface area contributed by atoms with E-state index in [-0.39, 0.29) is 18.5 Å². The van der Waals surface area contributed by atoms with Crippen molar-refractivity contribution in [3.05, 3.63) is 35.9 Å². The summed E-state index contributed by atoms with van der Waals surface area (Å²) in [5.41, 5.74) is 1.21. The Bertz CT molecular complexity index is 714. The van der Waals surface area contributed by atoms with E-state index < -0.39 is 24.9 Å². The van der Waals surface area contributed by atoms with Crippen molar-refractivity contribution in [2.24, 2.45) is 0 Å². The third-order valence-electron chi connectivity index (χ3n) is 5.64. The van der Waals surface area contributed by atoms with Crippen molar-refractivity contribution in [1.29, 1.82) is 0 Å². The van der Waals surface area contributed by atoms with Gasteiger partial charge in [-0.15, -0.1) is 0 Å². The van der Waals surface area contributed by atoms with Crippen LogP contribution in [0.1, 0.15) is 37.7 Å². The molecule has 0 aromatic heterocycles. The summed E-state index contributed by atoms with van der Waals surface area (Å²) in [6, 6.07) is 9.54. The first kappa shape index (κ1) is 22.4. The molecule has 0 spiro atoms. The van der Waals surface area contributed by atoms with Crippen molar-refractivity contribution < 1.29 is 27.5 Å². The summed E-state index contributed by atoms with van der Waals surface area (Å²) in [4.78, 5) is 28.1. The molecule has 0 radical (unpaired) electrons. The van der Waals surface area contributed by atoms with E-state index in [4.69, 9.17) is 0 Å². The van der Waals surface area contributed by atoms with Gasteiger partial charge >= 0.3 is 12.3 Å². The SMILES string of the molecule is O=C(NCC1CCCCN1Cc1ccccc1)C1CCCN1C(=O)OCC(F)(F)F. The number of alkyl halides is 3. The number of benzene rings is 1. The molecule has 2 heterocycles. The highest BCUT2D eigenvalue weighted by molar-refractivity contribution is 5.86. The fourth-order valence-corrected chi connectivity index (χ4v) is 4.14. The number of ether oxygens (including phenoxy) is 1. The summed E-state index contributed by atoms with van der Waals surface area (Å²) < 4.78 is 41.2. The normalized spacial score (nSPS) is 22.7. The van der Waals surface area contributed by atoms with Crippen LogP contribution in [0.5, 0.6) is 0 Å². The van der Waals surface area contributed by atoms with Crippen molar-refractivity contribution in [3.63, 3.8) is 0 Å². The molecule has 2 atom stereocenters. The molecule has 2 unspecified atom stereocenters. The second kappa shape index (κ2) is 10.1. The summed E-state index contributed by atoms with van der Waals surface area (Å²) in [6.07, 6.45) is -1.53. The topological polar surface area (TPSA) is 61.9 Å². The van der Waals surface area contributed by atoms with E-state index in [1.165, 1.54) is 5.56 Å². The first-order valence-electron chi connectivity index (χ1n) is 10.4. The highest BCUT2D eigenvalue weighted by atomic mass is 19.4. The molecule has 0 saturated carbocycles. The highest BCUT2D eigenvalue weighted by Gasteiger charge is 2.38. The molecule has 1 aromatic rings. The van der Waals surface area contributed by atoms with Crippen molar-refractivity contribution in [3.8, 4) is 0 Å². The average molecular weight is 427 g/mol. The Labute approximate surface area is 174 Å². The van der Waals surface area contributed by atoms with E-state index in [2.05, 4.69) is 27.1 Å². The monoisotopic (exact) mass is 427 g/mol. The van der Waals surface area contributed by atoms with Crippen LogP contribution in [0.15, 0.2) is 30.3 Å². The second-order valence-corrected chi connectivity index (χ2v) is 7.87. The Balaban J connectivity index is 1.52. The molecule has 0 aliphatic carbocycles. The van der Waals surface area contributed by atoms with Crippen LogP contribution in [0.25, 0.3) is 0 Å². The lowest BCUT2D eigenvalue weighted by Gasteiger charge is -2.36. The molecule has 6 nitrogen and oxygen atoms in total. The lowest BCUT2D eigenvalue weighted by molar-refractivity contribution is -0.162. The molecule has 2 amide bonds. The fraction of sp³-hybridized carbons (Fsp3) is 0.619. The molecular weight excluding hydrogens is 399 g/mol. The van der Waals surface area contributed by atoms with Gasteiger partial charge in [0.2, 0.25) is 5.91 Å². The Morgan fingerprint density at radius 1 is 1.07 bits per heavy atom. The Morgan fingerprint density at radius 3 is 2.57 bits per heavy atom. The number of piperidine rings is 1. The molecule has 1 N–H and O–H groups in total. The lowest BCUT2D eigenvalue weighted by Crippen LogP contribution is -2.51. The van der Waals surface area contributed by atoms with Crippen LogP contribution < -0.4 is 5.32 Å². The predicted molar refractivity (Wildman–Crippen MR) is 105 cm³/mol. The number of halogens is 3. The number of rotatable bonds is 6. The summed E-state index contributed by atoms with van der Waals surface area (Å²) in [5, 5.41) is 2.92. The van der Waals surface area contributed by atoms with Crippen LogP contribution in [-0.4, -0.2) is 66.3 Å². The van der Waals surface area contributed by atoms with Crippen LogP contribution in [0.4, 0.5) is 18.0 Å². The van der Waals surface area contributed by atoms with Gasteiger partial charge in [-0.2, -0.15) is 13.2 Å². The van der Waals surface area contributed by atoms with Crippen LogP contribution in [-0.2, 0) is 16.1 Å². The van der Waals surface area contributed by atoms with Crippen LogP contribution in [0, 0.1) is 0 Å². The summed E-state index contributed by atoms with van der Waals surface area (Å²) in [7, 11) is 0. The molecule has 166 valence electrons. The van der Waals surface area contributed by atoms with Gasteiger partial charge < -0.3 is 10.1 Å². The van der Waals surface area contributed by atoms with E-state index in [9.17, 15) is 22.8 Å². The number of amides is 2. The third kappa shape index (κ3) is 6.35. The van der Waals surface area contributed by atoms with Crippen LogP contribution in [0.2, 0.25) is 0 Å². The molecule has 2 fully saturated rings. The molecule has 0 bridgehead atoms. The summed E-state index contributed by atoms with van der Waals surface area (Å²) in [5.74, 6) is -0.332. The Hall–Kier alpha value is -2.29. The van der Waals surface area contributed by atoms with Gasteiger partial charge in [-0.1, -0.05) is 36.8 Å². The molecule has 2 aliphatic heterocycles. The lowest BCUT2D eigenvalue weighted by atomic mass is 10.0. The van der Waals surface area contributed by atoms with Gasteiger partial charge in [0.05, 0.1) is 0 Å². The summed E-state index contributed by atoms with van der Waals surface area (Å²) in [6.45, 7) is 0.786. The molecule has 9 heteroatoms. The first-order chi connectivity index (χ1) is 14.3. The average Bonchev–Trinajstić information content (AvgIpc) is 3.21. The number of nitrogens with zero attached hydrogens (tertiary/aromatic N) is 2. The number of hydrogen-bond donors (Lipinski definition) is 1. The standard InChI is InChI=1S/C21H28F3N3O3/c22-21(23,24)15-30-20(29)27-12-6-10-18(27)19(28)25-13-17-9-4-5-11-26(17)14-16-7-2-1-3-8-16/h1-3,7-8,17-18H,4-6,9-15H2,(H,25,28). The van der Waals surface area contributed by atoms with Crippen LogP contribution >= 0.6 is 0 Å². The maximum Gasteiger partial charge on any atom is 0.422 e. The molecule has 1 aromatic carbocycles. The zero-order valence-electron chi connectivity index (χ0n) is 16.9. The van der Waals surface area contributed by atoms with Gasteiger partial charge in [0.1, 0.15) is 6.04 Å². The Kier molecular flexibility index (Phi) is 7.58. The smallest absolute Gasteiger partial charge is 0.422 e. The van der Waals surface area contributed by atoms with E-state index >= 15 is 0 Å². The molecule has 2 aliphatic rings. The zero-order valence-corrected chi connectivity index (χ0v) is 16.9. The molecule has 30 heavy (non-hydrogen) atoms. The maximum absolute atomic E-state index is 12.7. The second-order valence-electron chi connectivity index (χ2n) is 7.87. The third-order valence-corrected chi connectivity index (χ3v) is 5.64. The predicted octanol–water partition coefficient (Wildman–Crippen LogP) is 3.32. The number of carbonyl (C=O) groups is 2. The number of carbonyl (C=O) groups excluding carboxylic acids is 2. The summed E-state index contributed by atoms with van der Waals surface area (Å²) >= 11 is 0. The Morgan fingerprint density at radius 2 is 1.83 bits per heavy atom. The molecular formula is C21H28F3N3O3. The minimum Gasteiger partial charge on any atom is -0.440 e. The van der Waals surface area contributed by atoms with Crippen molar-refractivity contribution >= 4 is 12.0 Å². The van der Waals surface area contributed by atoms with Crippen LogP contribution in [0.3, 0.4) is 0 Å². The van der Waals surface area contributed by atoms with E-state index in [0.717, 1.165) is 37.3 Å². The van der Waals surface area contributed by atoms with Gasteiger partial charge in [0.25, 0.3) is 0 Å². The van der Waals surface area contributed by atoms with Gasteiger partial charge in [0.15, 0.2) is 6.61 Å². The highest BCUT2D eigenvalue weighted by Crippen LogP contribution is 2.22. The van der Waals surface area contributed by atoms with Gasteiger partial charge in [-0.05, 0) is 37.8 Å². The van der Waals surface area contributed by atoms with E-state index in [0.29, 0.717) is 19.4 Å². The van der Waals surface area contributed by atoms with Gasteiger partial charge in [-0.3, -0.25) is 14.6 Å². The largest absolute Gasteiger partial charge is 0.440 e. The van der Waals surface area contributed by atoms with Gasteiger partial charge in [0, 0.05) is 25.7 Å². The molecule has 2 saturated heterocycles. The van der Waals surface area contributed by atoms with E-state index in [1.807, 2.05) is 18.2 Å². The minimum absolute atomic E-state index is 0.190. The van der Waals surface area contributed by atoms with Crippen molar-refractivity contribution in [1.82, 2.24) is 15.1 Å². The quantitative estimate of drug-likeness (QED) is 0.757. The number of likely N-dealkylation sites (tertiary alicyclic amines) is 2. The van der Waals surface area contributed by atoms with Gasteiger partial charge in [-0.25, -0.2) is 4.79 Å². The minimum atomic E-state index is -4.59. The number of hydrogen-bond acceptors (Lipinski definition) is 4. The first-order valence-corrected chi connectivity index (χ1v) is 10.4. The number of nitrogens with one attached hydrogen (secondary N) is 1. The van der Waals surface area contributed by atoms with Crippen molar-refractivity contribution in [2.45, 2.75) is 56.9 Å². The fourth-order valence-electron chi connectivity index (χ4n) is 4.14. The van der Waals surface area contributed by atoms with E-state index in [1.54, 1.807) is 0 Å². The van der Waals surface area contributed by atoms with Crippen molar-refractivity contribution in [2.75, 3.05) is 26.2 Å². The molecule has 3 rings (SSSR count). The zero-order chi connectivity index (χ0) is 21.6.